The molecule has 8 heteroatoms. The van der Waals surface area contributed by atoms with E-state index in [4.69, 9.17) is 4.42 Å². The summed E-state index contributed by atoms with van der Waals surface area (Å²) in [6.07, 6.45) is 1.12. The minimum Gasteiger partial charge on any atom is -0.391 e. The summed E-state index contributed by atoms with van der Waals surface area (Å²) in [6.45, 7) is 3.02. The maximum atomic E-state index is 12.2. The first kappa shape index (κ1) is 14.3. The van der Waals surface area contributed by atoms with Crippen molar-refractivity contribution < 1.29 is 14.0 Å². The number of hydrogen-bond acceptors (Lipinski definition) is 5. The predicted molar refractivity (Wildman–Crippen MR) is 68.6 cm³/mol. The molecule has 2 rings (SSSR count). The molecular weight excluding hydrogens is 264 g/mol. The van der Waals surface area contributed by atoms with Crippen LogP contribution in [0.4, 0.5) is 0 Å². The van der Waals surface area contributed by atoms with Gasteiger partial charge in [0.2, 0.25) is 17.7 Å². The highest BCUT2D eigenvalue weighted by molar-refractivity contribution is 5.81. The molecule has 110 valence electrons. The predicted octanol–water partition coefficient (Wildman–Crippen LogP) is -0.420. The molecule has 8 nitrogen and oxygen atoms in total. The second kappa shape index (κ2) is 5.89. The van der Waals surface area contributed by atoms with Gasteiger partial charge in [-0.3, -0.25) is 9.59 Å². The van der Waals surface area contributed by atoms with E-state index in [0.717, 1.165) is 0 Å². The molecule has 1 atom stereocenters. The average Bonchev–Trinajstić information content (AvgIpc) is 3.06. The topological polar surface area (TPSA) is 99.5 Å². The normalized spacial score (nSPS) is 18.3. The second-order valence-corrected chi connectivity index (χ2v) is 4.88. The van der Waals surface area contributed by atoms with Gasteiger partial charge in [0.25, 0.3) is 0 Å². The van der Waals surface area contributed by atoms with Crippen LogP contribution in [0.3, 0.4) is 0 Å². The van der Waals surface area contributed by atoms with Crippen molar-refractivity contribution in [2.45, 2.75) is 26.3 Å². The van der Waals surface area contributed by atoms with Crippen LogP contribution in [0.25, 0.3) is 0 Å². The fourth-order valence-electron chi connectivity index (χ4n) is 2.33. The molecule has 0 bridgehead atoms. The van der Waals surface area contributed by atoms with Crippen LogP contribution in [0.1, 0.15) is 25.7 Å². The molecule has 20 heavy (non-hydrogen) atoms. The van der Waals surface area contributed by atoms with E-state index in [2.05, 4.69) is 10.2 Å². The molecule has 0 radical (unpaired) electrons. The maximum Gasteiger partial charge on any atom is 0.434 e. The van der Waals surface area contributed by atoms with Gasteiger partial charge in [0.15, 0.2) is 0 Å². The Kier molecular flexibility index (Phi) is 4.21. The zero-order valence-corrected chi connectivity index (χ0v) is 11.6. The van der Waals surface area contributed by atoms with E-state index in [1.807, 2.05) is 6.92 Å². The number of aromatic amines is 1. The van der Waals surface area contributed by atoms with E-state index in [-0.39, 0.29) is 30.2 Å². The summed E-state index contributed by atoms with van der Waals surface area (Å²) in [5, 5.41) is 5.81. The molecule has 1 N–H and O–H groups in total. The average molecular weight is 282 g/mol. The summed E-state index contributed by atoms with van der Waals surface area (Å²) < 4.78 is 4.76. The molecule has 0 spiro atoms. The third kappa shape index (κ3) is 3.06. The van der Waals surface area contributed by atoms with Gasteiger partial charge in [0.1, 0.15) is 0 Å². The molecule has 0 aromatic carbocycles. The largest absolute Gasteiger partial charge is 0.434 e. The summed E-state index contributed by atoms with van der Waals surface area (Å²) in [5.74, 6) is -0.656. The number of H-pyrrole nitrogens is 1. The van der Waals surface area contributed by atoms with Crippen molar-refractivity contribution in [2.24, 2.45) is 5.92 Å². The van der Waals surface area contributed by atoms with Crippen LogP contribution in [-0.2, 0) is 16.1 Å². The quantitative estimate of drug-likeness (QED) is 0.808. The molecule has 1 saturated heterocycles. The molecule has 1 fully saturated rings. The van der Waals surface area contributed by atoms with Gasteiger partial charge < -0.3 is 14.2 Å². The number of nitrogens with one attached hydrogen (secondary N) is 1. The third-order valence-corrected chi connectivity index (χ3v) is 3.42. The monoisotopic (exact) mass is 282 g/mol. The molecule has 1 aliphatic heterocycles. The Labute approximate surface area is 115 Å². The van der Waals surface area contributed by atoms with E-state index >= 15 is 0 Å². The molecule has 0 saturated carbocycles. The van der Waals surface area contributed by atoms with E-state index in [9.17, 15) is 14.4 Å². The lowest BCUT2D eigenvalue weighted by Crippen LogP contribution is -2.35. The highest BCUT2D eigenvalue weighted by atomic mass is 16.4. The smallest absolute Gasteiger partial charge is 0.391 e. The van der Waals surface area contributed by atoms with Gasteiger partial charge in [0, 0.05) is 26.6 Å². The maximum absolute atomic E-state index is 12.2. The van der Waals surface area contributed by atoms with Crippen molar-refractivity contribution in [3.63, 3.8) is 0 Å². The SMILES string of the molecule is CCC(=O)N1CCC(C(=O)N(C)Cc2n[nH]c(=O)o2)C1. The number of rotatable bonds is 4. The Balaban J connectivity index is 1.91. The minimum absolute atomic E-state index is 0.0675. The van der Waals surface area contributed by atoms with Crippen LogP contribution >= 0.6 is 0 Å². The van der Waals surface area contributed by atoms with Gasteiger partial charge in [-0.05, 0) is 6.42 Å². The fourth-order valence-corrected chi connectivity index (χ4v) is 2.33. The first-order valence-corrected chi connectivity index (χ1v) is 6.58. The number of carbonyl (C=O) groups excluding carboxylic acids is 2. The summed E-state index contributed by atoms with van der Waals surface area (Å²) in [5.41, 5.74) is 0. The molecule has 1 aromatic rings. The van der Waals surface area contributed by atoms with Gasteiger partial charge in [0.05, 0.1) is 12.5 Å². The second-order valence-electron chi connectivity index (χ2n) is 4.88. The molecular formula is C12H18N4O4. The van der Waals surface area contributed by atoms with E-state index < -0.39 is 5.76 Å². The van der Waals surface area contributed by atoms with Crippen molar-refractivity contribution in [3.05, 3.63) is 16.4 Å². The number of likely N-dealkylation sites (tertiary alicyclic amines) is 1. The number of aromatic nitrogens is 2. The summed E-state index contributed by atoms with van der Waals surface area (Å²) in [7, 11) is 1.63. The van der Waals surface area contributed by atoms with Crippen molar-refractivity contribution >= 4 is 11.8 Å². The first-order chi connectivity index (χ1) is 9.51. The number of hydrogen-bond donors (Lipinski definition) is 1. The Hall–Kier alpha value is -2.12. The lowest BCUT2D eigenvalue weighted by atomic mass is 10.1. The number of carbonyl (C=O) groups is 2. The van der Waals surface area contributed by atoms with Crippen LogP contribution in [0.15, 0.2) is 9.21 Å². The van der Waals surface area contributed by atoms with Gasteiger partial charge in [-0.1, -0.05) is 6.92 Å². The summed E-state index contributed by atoms with van der Waals surface area (Å²) in [6, 6.07) is 0. The van der Waals surface area contributed by atoms with Gasteiger partial charge in [-0.15, -0.1) is 5.10 Å². The van der Waals surface area contributed by atoms with E-state index in [1.54, 1.807) is 11.9 Å². The number of nitrogens with zero attached hydrogens (tertiary/aromatic N) is 3. The third-order valence-electron chi connectivity index (χ3n) is 3.42. The van der Waals surface area contributed by atoms with Gasteiger partial charge >= 0.3 is 5.76 Å². The van der Waals surface area contributed by atoms with Crippen LogP contribution in [0.2, 0.25) is 0 Å². The zero-order valence-electron chi connectivity index (χ0n) is 11.6. The number of amides is 2. The molecule has 2 heterocycles. The zero-order chi connectivity index (χ0) is 14.7. The van der Waals surface area contributed by atoms with E-state index in [0.29, 0.717) is 25.9 Å². The van der Waals surface area contributed by atoms with Crippen LogP contribution in [-0.4, -0.2) is 51.9 Å². The molecule has 1 aliphatic rings. The lowest BCUT2D eigenvalue weighted by Gasteiger charge is -2.20. The van der Waals surface area contributed by atoms with Crippen LogP contribution in [0.5, 0.6) is 0 Å². The molecule has 0 aliphatic carbocycles. The Morgan fingerprint density at radius 3 is 2.90 bits per heavy atom. The Morgan fingerprint density at radius 2 is 2.30 bits per heavy atom. The van der Waals surface area contributed by atoms with Crippen LogP contribution < -0.4 is 5.76 Å². The highest BCUT2D eigenvalue weighted by Crippen LogP contribution is 2.19. The van der Waals surface area contributed by atoms with Crippen molar-refractivity contribution in [1.29, 1.82) is 0 Å². The summed E-state index contributed by atoms with van der Waals surface area (Å²) >= 11 is 0. The van der Waals surface area contributed by atoms with Crippen molar-refractivity contribution in [3.8, 4) is 0 Å². The lowest BCUT2D eigenvalue weighted by molar-refractivity contribution is -0.135. The van der Waals surface area contributed by atoms with Gasteiger partial charge in [-0.2, -0.15) is 0 Å². The summed E-state index contributed by atoms with van der Waals surface area (Å²) in [4.78, 5) is 37.8. The molecule has 2 amide bonds. The van der Waals surface area contributed by atoms with Gasteiger partial charge in [-0.25, -0.2) is 9.89 Å². The van der Waals surface area contributed by atoms with Crippen molar-refractivity contribution in [2.75, 3.05) is 20.1 Å². The Morgan fingerprint density at radius 1 is 1.55 bits per heavy atom. The van der Waals surface area contributed by atoms with Crippen LogP contribution in [0, 0.1) is 5.92 Å². The standard InChI is InChI=1S/C12H18N4O4/c1-3-10(17)16-5-4-8(6-16)11(18)15(2)7-9-13-14-12(19)20-9/h8H,3-7H2,1-2H3,(H,14,19). The Bertz CT molecular complexity index is 550. The molecule has 1 unspecified atom stereocenters. The minimum atomic E-state index is -0.638. The fraction of sp³-hybridized carbons (Fsp3) is 0.667. The molecule has 1 aromatic heterocycles. The highest BCUT2D eigenvalue weighted by Gasteiger charge is 2.32. The first-order valence-electron chi connectivity index (χ1n) is 6.58. The van der Waals surface area contributed by atoms with Crippen molar-refractivity contribution in [1.82, 2.24) is 20.0 Å². The van der Waals surface area contributed by atoms with E-state index in [1.165, 1.54) is 4.90 Å².